The van der Waals surface area contributed by atoms with Gasteiger partial charge in [-0.1, -0.05) is 61.3 Å². The first kappa shape index (κ1) is 15.0. The molecule has 0 radical (unpaired) electrons. The number of hydrogen-bond donors (Lipinski definition) is 1. The highest BCUT2D eigenvalue weighted by molar-refractivity contribution is 6.30. The Morgan fingerprint density at radius 2 is 1.95 bits per heavy atom. The highest BCUT2D eigenvalue weighted by Crippen LogP contribution is 2.28. The van der Waals surface area contributed by atoms with Crippen molar-refractivity contribution in [2.45, 2.75) is 25.8 Å². The van der Waals surface area contributed by atoms with Gasteiger partial charge in [0.1, 0.15) is 5.82 Å². The molecule has 1 unspecified atom stereocenters. The molecule has 0 aliphatic heterocycles. The molecule has 1 N–H and O–H groups in total. The maximum Gasteiger partial charge on any atom is 0.146 e. The van der Waals surface area contributed by atoms with E-state index in [0.717, 1.165) is 18.4 Å². The van der Waals surface area contributed by atoms with Crippen LogP contribution in [0, 0.1) is 5.82 Å². The number of halogens is 2. The lowest BCUT2D eigenvalue weighted by Crippen LogP contribution is -2.19. The summed E-state index contributed by atoms with van der Waals surface area (Å²) >= 11 is 5.88. The zero-order valence-electron chi connectivity index (χ0n) is 11.8. The predicted molar refractivity (Wildman–Crippen MR) is 82.7 cm³/mol. The molecule has 2 rings (SSSR count). The van der Waals surface area contributed by atoms with Crippen molar-refractivity contribution in [1.82, 2.24) is 5.32 Å². The second-order valence-electron chi connectivity index (χ2n) is 4.86. The monoisotopic (exact) mass is 291 g/mol. The molecule has 20 heavy (non-hydrogen) atoms. The topological polar surface area (TPSA) is 12.0 Å². The Balaban J connectivity index is 2.41. The van der Waals surface area contributed by atoms with E-state index in [1.54, 1.807) is 18.2 Å². The van der Waals surface area contributed by atoms with E-state index < -0.39 is 0 Å². The van der Waals surface area contributed by atoms with Gasteiger partial charge in [-0.05, 0) is 30.7 Å². The van der Waals surface area contributed by atoms with Gasteiger partial charge in [0.05, 0.1) is 11.1 Å². The molecule has 3 heteroatoms. The van der Waals surface area contributed by atoms with Gasteiger partial charge in [0.15, 0.2) is 0 Å². The Bertz CT molecular complexity index is 583. The summed E-state index contributed by atoms with van der Waals surface area (Å²) < 4.78 is 14.2. The average molecular weight is 292 g/mol. The normalized spacial score (nSPS) is 12.4. The highest BCUT2D eigenvalue weighted by atomic mass is 35.5. The van der Waals surface area contributed by atoms with Crippen LogP contribution in [0.5, 0.6) is 0 Å². The van der Waals surface area contributed by atoms with Gasteiger partial charge in [-0.3, -0.25) is 0 Å². The molecule has 0 fully saturated rings. The maximum absolute atomic E-state index is 14.2. The van der Waals surface area contributed by atoms with E-state index in [1.165, 1.54) is 5.56 Å². The summed E-state index contributed by atoms with van der Waals surface area (Å²) in [4.78, 5) is 0. The van der Waals surface area contributed by atoms with Gasteiger partial charge in [0.2, 0.25) is 0 Å². The Morgan fingerprint density at radius 1 is 1.20 bits per heavy atom. The molecule has 0 bridgehead atoms. The second-order valence-corrected chi connectivity index (χ2v) is 5.27. The van der Waals surface area contributed by atoms with E-state index in [2.05, 4.69) is 24.4 Å². The Morgan fingerprint density at radius 3 is 2.65 bits per heavy atom. The molecule has 0 saturated carbocycles. The van der Waals surface area contributed by atoms with Crippen LogP contribution in [0.4, 0.5) is 4.39 Å². The molecule has 0 heterocycles. The third-order valence-corrected chi connectivity index (χ3v) is 3.70. The molecule has 2 aromatic carbocycles. The fourth-order valence-corrected chi connectivity index (χ4v) is 2.64. The van der Waals surface area contributed by atoms with Gasteiger partial charge in [-0.25, -0.2) is 4.39 Å². The summed E-state index contributed by atoms with van der Waals surface area (Å²) in [5.41, 5.74) is 2.90. The number of aryl methyl sites for hydroxylation is 1. The first-order chi connectivity index (χ1) is 9.67. The standard InChI is InChI=1S/C17H19ClFN/c1-3-6-12-7-4-8-13(11-12)17(20-2)14-9-5-10-15(18)16(14)19/h4-5,7-11,17,20H,3,6H2,1-2H3. The van der Waals surface area contributed by atoms with Gasteiger partial charge in [0.25, 0.3) is 0 Å². The number of rotatable bonds is 5. The molecular formula is C17H19ClFN. The zero-order valence-corrected chi connectivity index (χ0v) is 12.5. The van der Waals surface area contributed by atoms with Crippen molar-refractivity contribution in [2.24, 2.45) is 0 Å². The summed E-state index contributed by atoms with van der Waals surface area (Å²) in [6.07, 6.45) is 2.13. The minimum atomic E-state index is -0.352. The maximum atomic E-state index is 14.2. The SMILES string of the molecule is CCCc1cccc(C(NC)c2cccc(Cl)c2F)c1. The smallest absolute Gasteiger partial charge is 0.146 e. The van der Waals surface area contributed by atoms with Crippen LogP contribution in [0.3, 0.4) is 0 Å². The quantitative estimate of drug-likeness (QED) is 0.839. The third kappa shape index (κ3) is 3.20. The lowest BCUT2D eigenvalue weighted by atomic mass is 9.96. The van der Waals surface area contributed by atoms with Crippen LogP contribution >= 0.6 is 11.6 Å². The van der Waals surface area contributed by atoms with Crippen LogP contribution < -0.4 is 5.32 Å². The minimum Gasteiger partial charge on any atom is -0.309 e. The van der Waals surface area contributed by atoms with E-state index in [0.29, 0.717) is 5.56 Å². The van der Waals surface area contributed by atoms with E-state index in [9.17, 15) is 4.39 Å². The van der Waals surface area contributed by atoms with Crippen molar-refractivity contribution >= 4 is 11.6 Å². The van der Waals surface area contributed by atoms with E-state index in [-0.39, 0.29) is 16.9 Å². The molecule has 0 aliphatic carbocycles. The minimum absolute atomic E-state index is 0.160. The first-order valence-electron chi connectivity index (χ1n) is 6.87. The van der Waals surface area contributed by atoms with Gasteiger partial charge in [0, 0.05) is 5.56 Å². The summed E-state index contributed by atoms with van der Waals surface area (Å²) in [6, 6.07) is 13.2. The van der Waals surface area contributed by atoms with Crippen LogP contribution in [-0.2, 0) is 6.42 Å². The lowest BCUT2D eigenvalue weighted by molar-refractivity contribution is 0.576. The second kappa shape index (κ2) is 6.87. The fraction of sp³-hybridized carbons (Fsp3) is 0.294. The van der Waals surface area contributed by atoms with E-state index in [4.69, 9.17) is 11.6 Å². The fourth-order valence-electron chi connectivity index (χ4n) is 2.46. The Kier molecular flexibility index (Phi) is 5.16. The van der Waals surface area contributed by atoms with Crippen LogP contribution in [0.1, 0.15) is 36.1 Å². The summed E-state index contributed by atoms with van der Waals surface area (Å²) in [6.45, 7) is 2.15. The summed E-state index contributed by atoms with van der Waals surface area (Å²) in [7, 11) is 1.83. The van der Waals surface area contributed by atoms with Crippen LogP contribution in [0.25, 0.3) is 0 Å². The van der Waals surface area contributed by atoms with E-state index >= 15 is 0 Å². The van der Waals surface area contributed by atoms with Crippen molar-refractivity contribution in [1.29, 1.82) is 0 Å². The molecule has 0 spiro atoms. The van der Waals surface area contributed by atoms with E-state index in [1.807, 2.05) is 19.2 Å². The van der Waals surface area contributed by atoms with Crippen molar-refractivity contribution in [2.75, 3.05) is 7.05 Å². The highest BCUT2D eigenvalue weighted by Gasteiger charge is 2.17. The van der Waals surface area contributed by atoms with Gasteiger partial charge in [-0.15, -0.1) is 0 Å². The Hall–Kier alpha value is -1.38. The predicted octanol–water partition coefficient (Wildman–Crippen LogP) is 4.74. The first-order valence-corrected chi connectivity index (χ1v) is 7.25. The van der Waals surface area contributed by atoms with Crippen molar-refractivity contribution in [3.05, 3.63) is 70.0 Å². The van der Waals surface area contributed by atoms with Gasteiger partial charge < -0.3 is 5.32 Å². The molecule has 0 aliphatic rings. The van der Waals surface area contributed by atoms with Crippen LogP contribution in [0.2, 0.25) is 5.02 Å². The lowest BCUT2D eigenvalue weighted by Gasteiger charge is -2.19. The number of hydrogen-bond acceptors (Lipinski definition) is 1. The largest absolute Gasteiger partial charge is 0.309 e. The molecule has 0 amide bonds. The van der Waals surface area contributed by atoms with Crippen molar-refractivity contribution in [3.63, 3.8) is 0 Å². The molecular weight excluding hydrogens is 273 g/mol. The number of nitrogens with one attached hydrogen (secondary N) is 1. The number of benzene rings is 2. The summed E-state index contributed by atoms with van der Waals surface area (Å²) in [5, 5.41) is 3.33. The summed E-state index contributed by atoms with van der Waals surface area (Å²) in [5.74, 6) is -0.352. The van der Waals surface area contributed by atoms with Gasteiger partial charge in [-0.2, -0.15) is 0 Å². The molecule has 106 valence electrons. The molecule has 1 atom stereocenters. The van der Waals surface area contributed by atoms with Gasteiger partial charge >= 0.3 is 0 Å². The zero-order chi connectivity index (χ0) is 14.5. The van der Waals surface area contributed by atoms with Crippen LogP contribution in [-0.4, -0.2) is 7.05 Å². The molecule has 0 aromatic heterocycles. The Labute approximate surface area is 124 Å². The van der Waals surface area contributed by atoms with Crippen molar-refractivity contribution in [3.8, 4) is 0 Å². The molecule has 0 saturated heterocycles. The third-order valence-electron chi connectivity index (χ3n) is 3.40. The molecule has 1 nitrogen and oxygen atoms in total. The van der Waals surface area contributed by atoms with Crippen LogP contribution in [0.15, 0.2) is 42.5 Å². The van der Waals surface area contributed by atoms with Crippen molar-refractivity contribution < 1.29 is 4.39 Å². The molecule has 2 aromatic rings. The average Bonchev–Trinajstić information content (AvgIpc) is 2.45.